The number of rotatable bonds is 8. The second-order valence-electron chi connectivity index (χ2n) is 7.70. The lowest BCUT2D eigenvalue weighted by Crippen LogP contribution is -2.32. The monoisotopic (exact) mass is 446 g/mol. The molecule has 1 aliphatic heterocycles. The molecule has 0 bridgehead atoms. The Bertz CT molecular complexity index is 1160. The summed E-state index contributed by atoms with van der Waals surface area (Å²) in [5, 5.41) is 2.91. The Balaban J connectivity index is 1.62. The summed E-state index contributed by atoms with van der Waals surface area (Å²) in [5.74, 6) is 1.50. The van der Waals surface area contributed by atoms with Crippen molar-refractivity contribution < 1.29 is 23.8 Å². The molecule has 1 unspecified atom stereocenters. The summed E-state index contributed by atoms with van der Waals surface area (Å²) in [5.41, 5.74) is 2.98. The fraction of sp³-hybridized carbons (Fsp3) is 0.231. The number of nitrogens with one attached hydrogen (secondary N) is 1. The van der Waals surface area contributed by atoms with Gasteiger partial charge in [-0.3, -0.25) is 9.59 Å². The van der Waals surface area contributed by atoms with E-state index in [1.165, 1.54) is 7.11 Å². The number of ether oxygens (including phenoxy) is 3. The van der Waals surface area contributed by atoms with Gasteiger partial charge in [-0.15, -0.1) is 0 Å². The lowest BCUT2D eigenvalue weighted by atomic mass is 10.0. The third-order valence-corrected chi connectivity index (χ3v) is 5.79. The predicted octanol–water partition coefficient (Wildman–Crippen LogP) is 4.44. The molecule has 7 nitrogen and oxygen atoms in total. The topological polar surface area (TPSA) is 77.1 Å². The zero-order chi connectivity index (χ0) is 23.4. The SMILES string of the molecule is COc1ccc(C(CC(=O)Nc2cc(OC)ccc2OC)N2Cc3ccccc3C2=O)cc1. The first-order chi connectivity index (χ1) is 16.0. The minimum absolute atomic E-state index is 0.0758. The molecule has 0 saturated carbocycles. The van der Waals surface area contributed by atoms with Crippen LogP contribution in [-0.2, 0) is 11.3 Å². The molecule has 3 aromatic rings. The first-order valence-electron chi connectivity index (χ1n) is 10.6. The maximum atomic E-state index is 13.2. The minimum Gasteiger partial charge on any atom is -0.497 e. The Kier molecular flexibility index (Phi) is 6.49. The van der Waals surface area contributed by atoms with Gasteiger partial charge in [-0.25, -0.2) is 0 Å². The van der Waals surface area contributed by atoms with Gasteiger partial charge in [-0.05, 0) is 41.5 Å². The number of fused-ring (bicyclic) bond motifs is 1. The zero-order valence-electron chi connectivity index (χ0n) is 18.8. The summed E-state index contributed by atoms with van der Waals surface area (Å²) < 4.78 is 15.9. The van der Waals surface area contributed by atoms with Crippen molar-refractivity contribution in [2.75, 3.05) is 26.6 Å². The molecule has 0 fully saturated rings. The van der Waals surface area contributed by atoms with Crippen LogP contribution in [0.3, 0.4) is 0 Å². The quantitative estimate of drug-likeness (QED) is 0.554. The standard InChI is InChI=1S/C26H26N2O5/c1-31-19-10-8-17(9-11-19)23(28-16-18-6-4-5-7-21(18)26(28)30)15-25(29)27-22-14-20(32-2)12-13-24(22)33-3/h4-14,23H,15-16H2,1-3H3,(H,27,29). The molecule has 7 heteroatoms. The molecule has 1 atom stereocenters. The van der Waals surface area contributed by atoms with Crippen LogP contribution < -0.4 is 19.5 Å². The number of nitrogens with zero attached hydrogens (tertiary/aromatic N) is 1. The number of amides is 2. The van der Waals surface area contributed by atoms with Crippen molar-refractivity contribution in [3.05, 3.63) is 83.4 Å². The summed E-state index contributed by atoms with van der Waals surface area (Å²) >= 11 is 0. The number of hydrogen-bond acceptors (Lipinski definition) is 5. The summed E-state index contributed by atoms with van der Waals surface area (Å²) in [7, 11) is 4.70. The van der Waals surface area contributed by atoms with E-state index < -0.39 is 6.04 Å². The molecule has 4 rings (SSSR count). The third-order valence-electron chi connectivity index (χ3n) is 5.79. The molecule has 1 aliphatic rings. The van der Waals surface area contributed by atoms with E-state index in [4.69, 9.17) is 14.2 Å². The van der Waals surface area contributed by atoms with Gasteiger partial charge in [0.15, 0.2) is 0 Å². The molecule has 170 valence electrons. The van der Waals surface area contributed by atoms with Gasteiger partial charge < -0.3 is 24.4 Å². The van der Waals surface area contributed by atoms with E-state index in [0.29, 0.717) is 35.0 Å². The molecular weight excluding hydrogens is 420 g/mol. The van der Waals surface area contributed by atoms with Crippen molar-refractivity contribution in [1.82, 2.24) is 4.90 Å². The van der Waals surface area contributed by atoms with E-state index in [0.717, 1.165) is 11.1 Å². The zero-order valence-corrected chi connectivity index (χ0v) is 18.8. The van der Waals surface area contributed by atoms with Gasteiger partial charge in [0.25, 0.3) is 5.91 Å². The number of hydrogen-bond donors (Lipinski definition) is 1. The number of benzene rings is 3. The van der Waals surface area contributed by atoms with Crippen LogP contribution in [-0.4, -0.2) is 38.0 Å². The predicted molar refractivity (Wildman–Crippen MR) is 125 cm³/mol. The number of carbonyl (C=O) groups excluding carboxylic acids is 2. The Hall–Kier alpha value is -4.00. The molecule has 3 aromatic carbocycles. The van der Waals surface area contributed by atoms with Crippen LogP contribution in [0, 0.1) is 0 Å². The molecule has 0 radical (unpaired) electrons. The van der Waals surface area contributed by atoms with Gasteiger partial charge in [-0.2, -0.15) is 0 Å². The van der Waals surface area contributed by atoms with E-state index >= 15 is 0 Å². The van der Waals surface area contributed by atoms with Gasteiger partial charge in [-0.1, -0.05) is 30.3 Å². The third kappa shape index (κ3) is 4.62. The summed E-state index contributed by atoms with van der Waals surface area (Å²) in [6, 6.07) is 19.7. The van der Waals surface area contributed by atoms with Gasteiger partial charge in [0.2, 0.25) is 5.91 Å². The molecule has 2 amide bonds. The van der Waals surface area contributed by atoms with Crippen LogP contribution in [0.15, 0.2) is 66.7 Å². The fourth-order valence-corrected chi connectivity index (χ4v) is 4.05. The van der Waals surface area contributed by atoms with Crippen molar-refractivity contribution in [2.24, 2.45) is 0 Å². The van der Waals surface area contributed by atoms with Crippen molar-refractivity contribution in [1.29, 1.82) is 0 Å². The highest BCUT2D eigenvalue weighted by Gasteiger charge is 2.34. The average molecular weight is 447 g/mol. The Labute approximate surface area is 192 Å². The molecule has 33 heavy (non-hydrogen) atoms. The van der Waals surface area contributed by atoms with Crippen LogP contribution in [0.2, 0.25) is 0 Å². The van der Waals surface area contributed by atoms with Crippen LogP contribution >= 0.6 is 0 Å². The van der Waals surface area contributed by atoms with Crippen LogP contribution in [0.25, 0.3) is 0 Å². The highest BCUT2D eigenvalue weighted by atomic mass is 16.5. The highest BCUT2D eigenvalue weighted by Crippen LogP contribution is 2.35. The molecule has 1 heterocycles. The number of anilines is 1. The lowest BCUT2D eigenvalue weighted by molar-refractivity contribution is -0.117. The number of carbonyl (C=O) groups is 2. The van der Waals surface area contributed by atoms with Gasteiger partial charge in [0, 0.05) is 18.2 Å². The Morgan fingerprint density at radius 1 is 0.939 bits per heavy atom. The van der Waals surface area contributed by atoms with Crippen LogP contribution in [0.1, 0.15) is 33.9 Å². The average Bonchev–Trinajstić information content (AvgIpc) is 3.18. The fourth-order valence-electron chi connectivity index (χ4n) is 4.05. The van der Waals surface area contributed by atoms with Crippen molar-refractivity contribution >= 4 is 17.5 Å². The smallest absolute Gasteiger partial charge is 0.255 e. The first kappa shape index (κ1) is 22.2. The minimum atomic E-state index is -0.451. The van der Waals surface area contributed by atoms with E-state index in [2.05, 4.69) is 5.32 Å². The second kappa shape index (κ2) is 9.65. The Morgan fingerprint density at radius 3 is 2.30 bits per heavy atom. The highest BCUT2D eigenvalue weighted by molar-refractivity contribution is 5.99. The Morgan fingerprint density at radius 2 is 1.64 bits per heavy atom. The maximum absolute atomic E-state index is 13.2. The van der Waals surface area contributed by atoms with Gasteiger partial charge in [0.05, 0.1) is 39.5 Å². The lowest BCUT2D eigenvalue weighted by Gasteiger charge is -2.28. The van der Waals surface area contributed by atoms with Gasteiger partial charge in [0.1, 0.15) is 17.2 Å². The van der Waals surface area contributed by atoms with Crippen molar-refractivity contribution in [2.45, 2.75) is 19.0 Å². The largest absolute Gasteiger partial charge is 0.497 e. The molecule has 0 aliphatic carbocycles. The molecule has 1 N–H and O–H groups in total. The van der Waals surface area contributed by atoms with Crippen LogP contribution in [0.4, 0.5) is 5.69 Å². The normalized spacial score (nSPS) is 13.3. The maximum Gasteiger partial charge on any atom is 0.255 e. The van der Waals surface area contributed by atoms with Crippen molar-refractivity contribution in [3.8, 4) is 17.2 Å². The van der Waals surface area contributed by atoms with Crippen molar-refractivity contribution in [3.63, 3.8) is 0 Å². The van der Waals surface area contributed by atoms with E-state index in [1.54, 1.807) is 37.3 Å². The van der Waals surface area contributed by atoms with E-state index in [9.17, 15) is 9.59 Å². The summed E-state index contributed by atoms with van der Waals surface area (Å²) in [6.45, 7) is 0.446. The molecular formula is C26H26N2O5. The second-order valence-corrected chi connectivity index (χ2v) is 7.70. The summed E-state index contributed by atoms with van der Waals surface area (Å²) in [4.78, 5) is 28.1. The number of methoxy groups -OCH3 is 3. The first-order valence-corrected chi connectivity index (χ1v) is 10.6. The van der Waals surface area contributed by atoms with E-state index in [1.807, 2.05) is 48.5 Å². The summed E-state index contributed by atoms with van der Waals surface area (Å²) in [6.07, 6.45) is 0.0758. The molecule has 0 saturated heterocycles. The van der Waals surface area contributed by atoms with Crippen LogP contribution in [0.5, 0.6) is 17.2 Å². The molecule has 0 aromatic heterocycles. The van der Waals surface area contributed by atoms with Gasteiger partial charge >= 0.3 is 0 Å². The van der Waals surface area contributed by atoms with E-state index in [-0.39, 0.29) is 18.2 Å². The molecule has 0 spiro atoms.